The van der Waals surface area contributed by atoms with Crippen LogP contribution in [0, 0.1) is 0 Å². The van der Waals surface area contributed by atoms with E-state index in [0.29, 0.717) is 12.8 Å². The lowest BCUT2D eigenvalue weighted by Gasteiger charge is -2.40. The number of aliphatic hydroxyl groups excluding tert-OH is 5. The minimum atomic E-state index is -1.55. The molecule has 0 radical (unpaired) electrons. The van der Waals surface area contributed by atoms with Crippen LogP contribution in [0.4, 0.5) is 0 Å². The first-order valence-corrected chi connectivity index (χ1v) is 34.3. The van der Waals surface area contributed by atoms with Crippen molar-refractivity contribution in [2.75, 3.05) is 13.2 Å². The van der Waals surface area contributed by atoms with Crippen molar-refractivity contribution in [3.8, 4) is 0 Å². The molecule has 0 saturated carbocycles. The summed E-state index contributed by atoms with van der Waals surface area (Å²) in [5, 5.41) is 54.8. The Balaban J connectivity index is 2.03. The normalized spacial score (nSPS) is 18.8. The predicted octanol–water partition coefficient (Wildman–Crippen LogP) is 18.4. The van der Waals surface area contributed by atoms with E-state index in [2.05, 4.69) is 67.8 Å². The molecule has 0 bridgehead atoms. The highest BCUT2D eigenvalue weighted by Gasteiger charge is 2.44. The Kier molecular flexibility index (Phi) is 56.4. The minimum Gasteiger partial charge on any atom is -0.394 e. The zero-order valence-corrected chi connectivity index (χ0v) is 51.9. The van der Waals surface area contributed by atoms with Crippen LogP contribution < -0.4 is 5.32 Å². The number of hydrogen-bond donors (Lipinski definition) is 6. The largest absolute Gasteiger partial charge is 0.394 e. The zero-order chi connectivity index (χ0) is 57.2. The first-order valence-electron chi connectivity index (χ1n) is 34.3. The monoisotopic (exact) mass is 1110 g/mol. The number of carbonyl (C=O) groups is 1. The fraction of sp³-hybridized carbons (Fsp3) is 0.871. The highest BCUT2D eigenvalue weighted by atomic mass is 16.7. The SMILES string of the molecule is CC/C=C\C/C=C\C/C=C\C/C=C\CCCCCCCCCCCCCCCCCCCCCCCCCCCCC(=O)NC(COC1OC(CO)C(O)C(O)C1O)C(O)CCCCCCCCCCCCCCCCCCC. The Hall–Kier alpha value is -1.85. The third-order valence-corrected chi connectivity index (χ3v) is 16.4. The molecule has 1 aliphatic rings. The van der Waals surface area contributed by atoms with Gasteiger partial charge in [0.1, 0.15) is 24.4 Å². The lowest BCUT2D eigenvalue weighted by molar-refractivity contribution is -0.302. The molecule has 6 N–H and O–H groups in total. The van der Waals surface area contributed by atoms with E-state index in [1.54, 1.807) is 0 Å². The van der Waals surface area contributed by atoms with Crippen LogP contribution in [0.1, 0.15) is 335 Å². The Morgan fingerprint density at radius 2 is 0.785 bits per heavy atom. The molecule has 0 aromatic carbocycles. The molecule has 464 valence electrons. The second kappa shape index (κ2) is 59.3. The minimum absolute atomic E-state index is 0.133. The Bertz CT molecular complexity index is 1380. The fourth-order valence-corrected chi connectivity index (χ4v) is 11.1. The highest BCUT2D eigenvalue weighted by molar-refractivity contribution is 5.76. The van der Waals surface area contributed by atoms with Crippen molar-refractivity contribution >= 4 is 5.91 Å². The third kappa shape index (κ3) is 48.3. The smallest absolute Gasteiger partial charge is 0.220 e. The molecular weight excluding hydrogens is 983 g/mol. The van der Waals surface area contributed by atoms with Gasteiger partial charge in [-0.25, -0.2) is 0 Å². The maximum Gasteiger partial charge on any atom is 0.220 e. The predicted molar refractivity (Wildman–Crippen MR) is 336 cm³/mol. The van der Waals surface area contributed by atoms with Crippen LogP contribution in [0.25, 0.3) is 0 Å². The molecule has 0 aromatic heterocycles. The Labute approximate surface area is 488 Å². The van der Waals surface area contributed by atoms with E-state index in [0.717, 1.165) is 64.2 Å². The molecule has 0 aromatic rings. The van der Waals surface area contributed by atoms with E-state index in [1.807, 2.05) is 0 Å². The Morgan fingerprint density at radius 1 is 0.443 bits per heavy atom. The number of aliphatic hydroxyl groups is 5. The van der Waals surface area contributed by atoms with E-state index in [-0.39, 0.29) is 12.5 Å². The van der Waals surface area contributed by atoms with E-state index in [4.69, 9.17) is 9.47 Å². The lowest BCUT2D eigenvalue weighted by Crippen LogP contribution is -2.60. The van der Waals surface area contributed by atoms with Gasteiger partial charge in [0.2, 0.25) is 5.91 Å². The standard InChI is InChI=1S/C70H131NO8/c1-3-5-7-9-11-13-15-17-19-21-22-23-24-25-26-27-28-29-30-31-32-33-34-35-36-37-38-39-40-41-42-44-46-48-50-52-54-56-58-60-66(74)71-63(62-78-70-69(77)68(76)67(75)65(61-72)79-70)64(73)59-57-55-53-51-49-47-45-43-20-18-16-14-12-10-8-6-4-2/h5,7,11,13,17,19,22-23,63-65,67-70,72-73,75-77H,3-4,6,8-10,12,14-16,18,20-21,24-62H2,1-2H3,(H,71,74)/b7-5-,13-11-,19-17-,23-22-. The van der Waals surface area contributed by atoms with Gasteiger partial charge in [-0.05, 0) is 51.4 Å². The van der Waals surface area contributed by atoms with Gasteiger partial charge in [-0.2, -0.15) is 0 Å². The second-order valence-corrected chi connectivity index (χ2v) is 23.9. The number of carbonyl (C=O) groups excluding carboxylic acids is 1. The second-order valence-electron chi connectivity index (χ2n) is 23.9. The van der Waals surface area contributed by atoms with Gasteiger partial charge in [0.05, 0.1) is 25.4 Å². The number of ether oxygens (including phenoxy) is 2. The van der Waals surface area contributed by atoms with E-state index in [9.17, 15) is 30.3 Å². The number of hydrogen-bond acceptors (Lipinski definition) is 8. The molecule has 0 aliphatic carbocycles. The fourth-order valence-electron chi connectivity index (χ4n) is 11.1. The number of unbranched alkanes of at least 4 members (excludes halogenated alkanes) is 42. The van der Waals surface area contributed by atoms with Gasteiger partial charge in [0.25, 0.3) is 0 Å². The van der Waals surface area contributed by atoms with Crippen molar-refractivity contribution in [1.82, 2.24) is 5.32 Å². The van der Waals surface area contributed by atoms with E-state index in [1.165, 1.54) is 244 Å². The molecule has 1 aliphatic heterocycles. The molecule has 1 heterocycles. The summed E-state index contributed by atoms with van der Waals surface area (Å²) in [7, 11) is 0. The number of amides is 1. The van der Waals surface area contributed by atoms with E-state index >= 15 is 0 Å². The maximum absolute atomic E-state index is 13.1. The molecule has 9 heteroatoms. The van der Waals surface area contributed by atoms with Crippen LogP contribution in [0.2, 0.25) is 0 Å². The average molecular weight is 1110 g/mol. The zero-order valence-electron chi connectivity index (χ0n) is 51.9. The quantitative estimate of drug-likeness (QED) is 0.0261. The summed E-state index contributed by atoms with van der Waals surface area (Å²) in [5.41, 5.74) is 0. The summed E-state index contributed by atoms with van der Waals surface area (Å²) in [4.78, 5) is 13.1. The molecular formula is C70H131NO8. The van der Waals surface area contributed by atoms with Crippen molar-refractivity contribution in [1.29, 1.82) is 0 Å². The first-order chi connectivity index (χ1) is 38.8. The van der Waals surface area contributed by atoms with Crippen LogP contribution in [0.5, 0.6) is 0 Å². The number of allylic oxidation sites excluding steroid dienone is 8. The molecule has 1 fully saturated rings. The maximum atomic E-state index is 13.1. The summed E-state index contributed by atoms with van der Waals surface area (Å²) in [6, 6.07) is -0.717. The lowest BCUT2D eigenvalue weighted by atomic mass is 9.99. The Morgan fingerprint density at radius 3 is 1.16 bits per heavy atom. The summed E-state index contributed by atoms with van der Waals surface area (Å²) in [5.74, 6) is -0.137. The molecule has 79 heavy (non-hydrogen) atoms. The van der Waals surface area contributed by atoms with Gasteiger partial charge in [-0.15, -0.1) is 0 Å². The van der Waals surface area contributed by atoms with Gasteiger partial charge in [0, 0.05) is 6.42 Å². The van der Waals surface area contributed by atoms with Gasteiger partial charge in [-0.1, -0.05) is 326 Å². The molecule has 7 atom stereocenters. The number of nitrogens with one attached hydrogen (secondary N) is 1. The van der Waals surface area contributed by atoms with Crippen LogP contribution in [-0.4, -0.2) is 87.5 Å². The molecule has 1 rings (SSSR count). The van der Waals surface area contributed by atoms with Crippen molar-refractivity contribution in [2.24, 2.45) is 0 Å². The van der Waals surface area contributed by atoms with Crippen LogP contribution in [-0.2, 0) is 14.3 Å². The van der Waals surface area contributed by atoms with Gasteiger partial charge < -0.3 is 40.3 Å². The van der Waals surface area contributed by atoms with Gasteiger partial charge in [0.15, 0.2) is 6.29 Å². The molecule has 9 nitrogen and oxygen atoms in total. The highest BCUT2D eigenvalue weighted by Crippen LogP contribution is 2.24. The van der Waals surface area contributed by atoms with Crippen molar-refractivity contribution < 1.29 is 39.8 Å². The van der Waals surface area contributed by atoms with Crippen LogP contribution in [0.3, 0.4) is 0 Å². The first kappa shape index (κ1) is 75.2. The summed E-state index contributed by atoms with van der Waals surface area (Å²) >= 11 is 0. The van der Waals surface area contributed by atoms with Crippen LogP contribution in [0.15, 0.2) is 48.6 Å². The van der Waals surface area contributed by atoms with E-state index < -0.39 is 49.5 Å². The summed E-state index contributed by atoms with van der Waals surface area (Å²) in [6.45, 7) is 3.76. The van der Waals surface area contributed by atoms with Gasteiger partial charge >= 0.3 is 0 Å². The van der Waals surface area contributed by atoms with Crippen molar-refractivity contribution in [2.45, 2.75) is 378 Å². The number of rotatable bonds is 60. The van der Waals surface area contributed by atoms with Crippen LogP contribution >= 0.6 is 0 Å². The average Bonchev–Trinajstić information content (AvgIpc) is 3.48. The van der Waals surface area contributed by atoms with Gasteiger partial charge in [-0.3, -0.25) is 4.79 Å². The molecule has 1 amide bonds. The molecule has 0 spiro atoms. The molecule has 7 unspecified atom stereocenters. The third-order valence-electron chi connectivity index (χ3n) is 16.4. The summed E-state index contributed by atoms with van der Waals surface area (Å²) in [6.07, 6.45) is 73.3. The molecule has 1 saturated heterocycles. The topological polar surface area (TPSA) is 149 Å². The van der Waals surface area contributed by atoms with Crippen molar-refractivity contribution in [3.63, 3.8) is 0 Å². The van der Waals surface area contributed by atoms with Crippen molar-refractivity contribution in [3.05, 3.63) is 48.6 Å². The summed E-state index contributed by atoms with van der Waals surface area (Å²) < 4.78 is 11.3.